The van der Waals surface area contributed by atoms with E-state index < -0.39 is 0 Å². The molecule has 0 radical (unpaired) electrons. The minimum absolute atomic E-state index is 0.00643. The van der Waals surface area contributed by atoms with E-state index in [1.165, 1.54) is 5.56 Å². The Bertz CT molecular complexity index is 886. The highest BCUT2D eigenvalue weighted by Crippen LogP contribution is 2.40. The molecule has 0 bridgehead atoms. The van der Waals surface area contributed by atoms with Crippen molar-refractivity contribution in [1.29, 1.82) is 0 Å². The van der Waals surface area contributed by atoms with Gasteiger partial charge in [0.15, 0.2) is 5.11 Å². The van der Waals surface area contributed by atoms with Gasteiger partial charge in [-0.15, -0.1) is 0 Å². The zero-order valence-electron chi connectivity index (χ0n) is 14.2. The van der Waals surface area contributed by atoms with Gasteiger partial charge >= 0.3 is 0 Å². The van der Waals surface area contributed by atoms with Gasteiger partial charge in [0, 0.05) is 23.3 Å². The van der Waals surface area contributed by atoms with Gasteiger partial charge in [0.25, 0.3) is 0 Å². The van der Waals surface area contributed by atoms with Gasteiger partial charge in [0.05, 0.1) is 11.7 Å². The normalized spacial score (nSPS) is 19.9. The Morgan fingerprint density at radius 1 is 1.00 bits per heavy atom. The van der Waals surface area contributed by atoms with Crippen LogP contribution in [0.3, 0.4) is 0 Å². The molecule has 4 rings (SSSR count). The molecule has 3 heterocycles. The number of pyridine rings is 1. The maximum atomic E-state index is 5.69. The number of H-pyrrole nitrogens is 1. The Balaban J connectivity index is 1.81. The van der Waals surface area contributed by atoms with E-state index in [0.29, 0.717) is 0 Å². The third-order valence-electron chi connectivity index (χ3n) is 4.58. The predicted octanol–water partition coefficient (Wildman–Crippen LogP) is 4.20. The van der Waals surface area contributed by atoms with Crippen LogP contribution in [0.5, 0.6) is 0 Å². The first-order valence-electron chi connectivity index (χ1n) is 8.36. The van der Waals surface area contributed by atoms with Crippen LogP contribution in [0.1, 0.15) is 34.7 Å². The van der Waals surface area contributed by atoms with Gasteiger partial charge in [0.2, 0.25) is 0 Å². The molecule has 126 valence electrons. The molecule has 3 aromatic rings. The number of nitrogens with one attached hydrogen (secondary N) is 2. The zero-order chi connectivity index (χ0) is 17.4. The van der Waals surface area contributed by atoms with Crippen molar-refractivity contribution in [3.8, 4) is 0 Å². The summed E-state index contributed by atoms with van der Waals surface area (Å²) in [5, 5.41) is 4.19. The van der Waals surface area contributed by atoms with Crippen molar-refractivity contribution in [3.63, 3.8) is 0 Å². The summed E-state index contributed by atoms with van der Waals surface area (Å²) in [5.41, 5.74) is 5.56. The minimum Gasteiger partial charge on any atom is -0.361 e. The number of anilines is 1. The van der Waals surface area contributed by atoms with Gasteiger partial charge in [0.1, 0.15) is 6.04 Å². The Morgan fingerprint density at radius 3 is 2.44 bits per heavy atom. The van der Waals surface area contributed by atoms with Gasteiger partial charge in [-0.25, -0.2) is 0 Å². The van der Waals surface area contributed by atoms with Crippen molar-refractivity contribution in [1.82, 2.24) is 15.3 Å². The lowest BCUT2D eigenvalue weighted by Gasteiger charge is -2.27. The topological polar surface area (TPSA) is 44.0 Å². The first-order chi connectivity index (χ1) is 12.1. The van der Waals surface area contributed by atoms with Crippen LogP contribution in [-0.2, 0) is 0 Å². The summed E-state index contributed by atoms with van der Waals surface area (Å²) in [5.74, 6) is 0. The van der Waals surface area contributed by atoms with Crippen molar-refractivity contribution < 1.29 is 0 Å². The molecular weight excluding hydrogens is 328 g/mol. The quantitative estimate of drug-likeness (QED) is 0.696. The molecule has 0 saturated carbocycles. The lowest BCUT2D eigenvalue weighted by molar-refractivity contribution is 0.558. The van der Waals surface area contributed by atoms with Crippen LogP contribution >= 0.6 is 12.2 Å². The van der Waals surface area contributed by atoms with Gasteiger partial charge in [-0.2, -0.15) is 0 Å². The molecule has 2 atom stereocenters. The van der Waals surface area contributed by atoms with E-state index in [1.54, 1.807) is 0 Å². The molecule has 2 aromatic heterocycles. The van der Waals surface area contributed by atoms with Crippen LogP contribution < -0.4 is 10.2 Å². The Hall–Kier alpha value is -2.66. The lowest BCUT2D eigenvalue weighted by Crippen LogP contribution is -2.29. The second kappa shape index (κ2) is 6.33. The molecule has 0 aliphatic carbocycles. The minimum atomic E-state index is -0.00643. The molecule has 0 amide bonds. The third kappa shape index (κ3) is 2.91. The van der Waals surface area contributed by atoms with Crippen LogP contribution in [0.15, 0.2) is 60.8 Å². The highest BCUT2D eigenvalue weighted by Gasteiger charge is 2.41. The number of aromatic nitrogens is 2. The van der Waals surface area contributed by atoms with Gasteiger partial charge < -0.3 is 15.2 Å². The fraction of sp³-hybridized carbons (Fsp3) is 0.200. The van der Waals surface area contributed by atoms with Crippen LogP contribution in [0.2, 0.25) is 0 Å². The number of aromatic amines is 1. The first-order valence-corrected chi connectivity index (χ1v) is 8.77. The Labute approximate surface area is 152 Å². The molecule has 2 unspecified atom stereocenters. The molecule has 1 fully saturated rings. The summed E-state index contributed by atoms with van der Waals surface area (Å²) in [6, 6.07) is 18.7. The van der Waals surface area contributed by atoms with Gasteiger partial charge in [-0.05, 0) is 62.5 Å². The summed E-state index contributed by atoms with van der Waals surface area (Å²) >= 11 is 5.69. The average Bonchev–Trinajstić information content (AvgIpc) is 3.20. The standard InChI is InChI=1S/C20H20N4S/c1-13-6-9-15(10-7-13)24-19(17-11-8-14(2)22-17)18(23-20(24)25)16-5-3-4-12-21-16/h3-12,18-19,22H,1-2H3,(H,23,25). The fourth-order valence-corrected chi connectivity index (χ4v) is 3.70. The molecule has 1 aliphatic rings. The van der Waals surface area contributed by atoms with Crippen LogP contribution in [-0.4, -0.2) is 15.1 Å². The van der Waals surface area contributed by atoms with Crippen molar-refractivity contribution in [2.45, 2.75) is 25.9 Å². The Morgan fingerprint density at radius 2 is 1.80 bits per heavy atom. The third-order valence-corrected chi connectivity index (χ3v) is 4.90. The second-order valence-corrected chi connectivity index (χ2v) is 6.82. The van der Waals surface area contributed by atoms with Gasteiger partial charge in [-0.1, -0.05) is 23.8 Å². The highest BCUT2D eigenvalue weighted by molar-refractivity contribution is 7.80. The predicted molar refractivity (Wildman–Crippen MR) is 105 cm³/mol. The number of thiocarbonyl (C=S) groups is 1. The smallest absolute Gasteiger partial charge is 0.174 e. The lowest BCUT2D eigenvalue weighted by atomic mass is 10.0. The van der Waals surface area contributed by atoms with Crippen LogP contribution in [0.4, 0.5) is 5.69 Å². The summed E-state index contributed by atoms with van der Waals surface area (Å²) in [4.78, 5) is 10.2. The highest BCUT2D eigenvalue weighted by atomic mass is 32.1. The number of aryl methyl sites for hydroxylation is 2. The summed E-state index contributed by atoms with van der Waals surface area (Å²) in [7, 11) is 0. The van der Waals surface area contributed by atoms with Crippen molar-refractivity contribution in [3.05, 3.63) is 83.4 Å². The molecular formula is C20H20N4S. The van der Waals surface area contributed by atoms with E-state index in [-0.39, 0.29) is 12.1 Å². The fourth-order valence-electron chi connectivity index (χ4n) is 3.35. The summed E-state index contributed by atoms with van der Waals surface area (Å²) in [6.45, 7) is 4.16. The molecule has 1 aliphatic heterocycles. The SMILES string of the molecule is Cc1ccc(N2C(=S)NC(c3ccccn3)C2c2ccc(C)[nH]2)cc1. The molecule has 5 heteroatoms. The number of benzene rings is 1. The molecule has 1 aromatic carbocycles. The van der Waals surface area contributed by atoms with Crippen molar-refractivity contribution in [2.24, 2.45) is 0 Å². The van der Waals surface area contributed by atoms with E-state index in [0.717, 1.165) is 27.9 Å². The molecule has 2 N–H and O–H groups in total. The number of hydrogen-bond donors (Lipinski definition) is 2. The van der Waals surface area contributed by atoms with Crippen LogP contribution in [0, 0.1) is 13.8 Å². The summed E-state index contributed by atoms with van der Waals surface area (Å²) < 4.78 is 0. The second-order valence-electron chi connectivity index (χ2n) is 6.43. The van der Waals surface area contributed by atoms with E-state index in [1.807, 2.05) is 24.4 Å². The van der Waals surface area contributed by atoms with E-state index >= 15 is 0 Å². The monoisotopic (exact) mass is 348 g/mol. The largest absolute Gasteiger partial charge is 0.361 e. The zero-order valence-corrected chi connectivity index (χ0v) is 15.0. The molecule has 4 nitrogen and oxygen atoms in total. The van der Waals surface area contributed by atoms with E-state index in [9.17, 15) is 0 Å². The molecule has 1 saturated heterocycles. The van der Waals surface area contributed by atoms with Crippen molar-refractivity contribution in [2.75, 3.05) is 4.90 Å². The first kappa shape index (κ1) is 15.8. The van der Waals surface area contributed by atoms with Crippen LogP contribution in [0.25, 0.3) is 0 Å². The maximum absolute atomic E-state index is 5.69. The van der Waals surface area contributed by atoms with E-state index in [2.05, 4.69) is 70.4 Å². The summed E-state index contributed by atoms with van der Waals surface area (Å²) in [6.07, 6.45) is 1.83. The number of rotatable bonds is 3. The molecule has 0 spiro atoms. The average molecular weight is 348 g/mol. The number of hydrogen-bond acceptors (Lipinski definition) is 2. The maximum Gasteiger partial charge on any atom is 0.174 e. The number of nitrogens with zero attached hydrogens (tertiary/aromatic N) is 2. The Kier molecular flexibility index (Phi) is 4.01. The van der Waals surface area contributed by atoms with E-state index in [4.69, 9.17) is 12.2 Å². The molecule has 25 heavy (non-hydrogen) atoms. The van der Waals surface area contributed by atoms with Gasteiger partial charge in [-0.3, -0.25) is 4.98 Å². The van der Waals surface area contributed by atoms with Crippen molar-refractivity contribution >= 4 is 23.0 Å².